The van der Waals surface area contributed by atoms with Gasteiger partial charge in [0.25, 0.3) is 5.91 Å². The van der Waals surface area contributed by atoms with Gasteiger partial charge in [-0.1, -0.05) is 0 Å². The van der Waals surface area contributed by atoms with E-state index in [1.807, 2.05) is 29.9 Å². The molecule has 2 N–H and O–H groups in total. The van der Waals surface area contributed by atoms with E-state index in [9.17, 15) is 4.79 Å². The Balaban J connectivity index is 0.00000144. The van der Waals surface area contributed by atoms with Crippen LogP contribution in [0, 0.1) is 0 Å². The third kappa shape index (κ3) is 3.48. The molecule has 5 heteroatoms. The van der Waals surface area contributed by atoms with Gasteiger partial charge in [-0.2, -0.15) is 0 Å². The number of aryl methyl sites for hydroxylation is 1. The number of aromatic nitrogens is 1. The zero-order valence-electron chi connectivity index (χ0n) is 10.3. The van der Waals surface area contributed by atoms with E-state index in [1.165, 1.54) is 0 Å². The molecular formula is C12H20ClN3O. The first-order valence-corrected chi connectivity index (χ1v) is 5.82. The fraction of sp³-hybridized carbons (Fsp3) is 0.583. The normalized spacial score (nSPS) is 23.9. The predicted molar refractivity (Wildman–Crippen MR) is 70.6 cm³/mol. The van der Waals surface area contributed by atoms with E-state index < -0.39 is 0 Å². The van der Waals surface area contributed by atoms with Crippen LogP contribution in [0.1, 0.15) is 30.3 Å². The Morgan fingerprint density at radius 3 is 2.94 bits per heavy atom. The first kappa shape index (κ1) is 14.1. The van der Waals surface area contributed by atoms with E-state index in [4.69, 9.17) is 0 Å². The molecule has 2 unspecified atom stereocenters. The topological polar surface area (TPSA) is 46.1 Å². The zero-order chi connectivity index (χ0) is 11.5. The van der Waals surface area contributed by atoms with E-state index in [-0.39, 0.29) is 18.3 Å². The van der Waals surface area contributed by atoms with Crippen molar-refractivity contribution in [2.75, 3.05) is 6.54 Å². The second-order valence-corrected chi connectivity index (χ2v) is 4.55. The molecule has 0 aromatic carbocycles. The molecule has 17 heavy (non-hydrogen) atoms. The standard InChI is InChI=1S/C12H19N3O.ClH/c1-9-8-10(5-6-13-9)14-12(16)11-4-3-7-15(11)2;/h3-4,7,9-10,13H,5-6,8H2,1-2H3,(H,14,16);1H. The Kier molecular flexibility index (Phi) is 5.02. The maximum Gasteiger partial charge on any atom is 0.268 e. The Bertz CT molecular complexity index is 378. The highest BCUT2D eigenvalue weighted by Gasteiger charge is 2.21. The summed E-state index contributed by atoms with van der Waals surface area (Å²) in [7, 11) is 1.89. The van der Waals surface area contributed by atoms with Crippen LogP contribution in [0.25, 0.3) is 0 Å². The molecule has 0 spiro atoms. The van der Waals surface area contributed by atoms with Crippen LogP contribution in [0.3, 0.4) is 0 Å². The number of hydrogen-bond acceptors (Lipinski definition) is 2. The Morgan fingerprint density at radius 1 is 1.59 bits per heavy atom. The number of rotatable bonds is 2. The summed E-state index contributed by atoms with van der Waals surface area (Å²) in [5, 5.41) is 6.47. The van der Waals surface area contributed by atoms with E-state index in [2.05, 4.69) is 17.6 Å². The van der Waals surface area contributed by atoms with Gasteiger partial charge >= 0.3 is 0 Å². The third-order valence-electron chi connectivity index (χ3n) is 3.14. The number of piperidine rings is 1. The largest absolute Gasteiger partial charge is 0.348 e. The van der Waals surface area contributed by atoms with Crippen LogP contribution in [0.4, 0.5) is 0 Å². The van der Waals surface area contributed by atoms with Gasteiger partial charge in [0.2, 0.25) is 0 Å². The molecule has 2 rings (SSSR count). The molecule has 0 aliphatic carbocycles. The van der Waals surface area contributed by atoms with Gasteiger partial charge in [-0.15, -0.1) is 12.4 Å². The van der Waals surface area contributed by atoms with Crippen LogP contribution >= 0.6 is 12.4 Å². The number of carbonyl (C=O) groups excluding carboxylic acids is 1. The Hall–Kier alpha value is -1.00. The van der Waals surface area contributed by atoms with Crippen molar-refractivity contribution in [3.63, 3.8) is 0 Å². The van der Waals surface area contributed by atoms with Crippen molar-refractivity contribution in [2.24, 2.45) is 7.05 Å². The highest BCUT2D eigenvalue weighted by molar-refractivity contribution is 5.92. The molecule has 4 nitrogen and oxygen atoms in total. The fourth-order valence-corrected chi connectivity index (χ4v) is 2.22. The Labute approximate surface area is 108 Å². The number of amides is 1. The van der Waals surface area contributed by atoms with Gasteiger partial charge in [0.15, 0.2) is 0 Å². The average molecular weight is 258 g/mol. The molecule has 1 aliphatic rings. The van der Waals surface area contributed by atoms with Crippen LogP contribution in [-0.2, 0) is 7.05 Å². The highest BCUT2D eigenvalue weighted by Crippen LogP contribution is 2.09. The molecule has 1 amide bonds. The molecule has 1 fully saturated rings. The van der Waals surface area contributed by atoms with Gasteiger partial charge in [-0.3, -0.25) is 4.79 Å². The van der Waals surface area contributed by atoms with E-state index >= 15 is 0 Å². The second kappa shape index (κ2) is 6.07. The van der Waals surface area contributed by atoms with Crippen LogP contribution in [-0.4, -0.2) is 29.1 Å². The summed E-state index contributed by atoms with van der Waals surface area (Å²) < 4.78 is 1.85. The fourth-order valence-electron chi connectivity index (χ4n) is 2.22. The summed E-state index contributed by atoms with van der Waals surface area (Å²) >= 11 is 0. The van der Waals surface area contributed by atoms with Crippen molar-refractivity contribution in [3.8, 4) is 0 Å². The smallest absolute Gasteiger partial charge is 0.268 e. The molecule has 1 saturated heterocycles. The quantitative estimate of drug-likeness (QED) is 0.840. The first-order chi connectivity index (χ1) is 7.66. The summed E-state index contributed by atoms with van der Waals surface area (Å²) in [6.07, 6.45) is 3.91. The monoisotopic (exact) mass is 257 g/mol. The van der Waals surface area contributed by atoms with Gasteiger partial charge in [0, 0.05) is 25.3 Å². The summed E-state index contributed by atoms with van der Waals surface area (Å²) in [4.78, 5) is 11.9. The highest BCUT2D eigenvalue weighted by atomic mass is 35.5. The lowest BCUT2D eigenvalue weighted by Crippen LogP contribution is -2.46. The van der Waals surface area contributed by atoms with Crippen LogP contribution < -0.4 is 10.6 Å². The number of halogens is 1. The average Bonchev–Trinajstić information content (AvgIpc) is 2.64. The summed E-state index contributed by atoms with van der Waals surface area (Å²) in [5.74, 6) is 0.0339. The van der Waals surface area contributed by atoms with Crippen LogP contribution in [0.15, 0.2) is 18.3 Å². The van der Waals surface area contributed by atoms with E-state index in [0.717, 1.165) is 25.1 Å². The molecule has 0 bridgehead atoms. The van der Waals surface area contributed by atoms with Gasteiger partial charge in [-0.25, -0.2) is 0 Å². The molecular weight excluding hydrogens is 238 g/mol. The molecule has 2 heterocycles. The molecule has 0 radical (unpaired) electrons. The molecule has 96 valence electrons. The van der Waals surface area contributed by atoms with Crippen molar-refractivity contribution in [1.82, 2.24) is 15.2 Å². The molecule has 1 aromatic heterocycles. The Morgan fingerprint density at radius 2 is 2.35 bits per heavy atom. The molecule has 1 aliphatic heterocycles. The van der Waals surface area contributed by atoms with Crippen molar-refractivity contribution in [1.29, 1.82) is 0 Å². The van der Waals surface area contributed by atoms with Crippen molar-refractivity contribution in [2.45, 2.75) is 31.8 Å². The van der Waals surface area contributed by atoms with Gasteiger partial charge in [-0.05, 0) is 38.4 Å². The maximum atomic E-state index is 11.9. The lowest BCUT2D eigenvalue weighted by Gasteiger charge is -2.28. The predicted octanol–water partition coefficient (Wildman–Crippen LogP) is 1.32. The summed E-state index contributed by atoms with van der Waals surface area (Å²) in [6, 6.07) is 4.53. The van der Waals surface area contributed by atoms with E-state index in [0.29, 0.717) is 12.1 Å². The lowest BCUT2D eigenvalue weighted by molar-refractivity contribution is 0.0917. The summed E-state index contributed by atoms with van der Waals surface area (Å²) in [5.41, 5.74) is 0.728. The van der Waals surface area contributed by atoms with Gasteiger partial charge < -0.3 is 15.2 Å². The van der Waals surface area contributed by atoms with Crippen molar-refractivity contribution >= 4 is 18.3 Å². The minimum Gasteiger partial charge on any atom is -0.348 e. The SMILES string of the molecule is CC1CC(NC(=O)c2cccn2C)CCN1.Cl. The minimum atomic E-state index is 0. The molecule has 1 aromatic rings. The minimum absolute atomic E-state index is 0. The third-order valence-corrected chi connectivity index (χ3v) is 3.14. The van der Waals surface area contributed by atoms with Gasteiger partial charge in [0.05, 0.1) is 0 Å². The molecule has 2 atom stereocenters. The second-order valence-electron chi connectivity index (χ2n) is 4.55. The lowest BCUT2D eigenvalue weighted by atomic mass is 10.0. The molecule has 0 saturated carbocycles. The zero-order valence-corrected chi connectivity index (χ0v) is 11.1. The maximum absolute atomic E-state index is 11.9. The number of nitrogens with zero attached hydrogens (tertiary/aromatic N) is 1. The van der Waals surface area contributed by atoms with Crippen LogP contribution in [0.5, 0.6) is 0 Å². The number of nitrogens with one attached hydrogen (secondary N) is 2. The van der Waals surface area contributed by atoms with Crippen molar-refractivity contribution < 1.29 is 4.79 Å². The number of hydrogen-bond donors (Lipinski definition) is 2. The number of carbonyl (C=O) groups is 1. The van der Waals surface area contributed by atoms with Crippen molar-refractivity contribution in [3.05, 3.63) is 24.0 Å². The van der Waals surface area contributed by atoms with Gasteiger partial charge in [0.1, 0.15) is 5.69 Å². The van der Waals surface area contributed by atoms with E-state index in [1.54, 1.807) is 0 Å². The van der Waals surface area contributed by atoms with Crippen LogP contribution in [0.2, 0.25) is 0 Å². The first-order valence-electron chi connectivity index (χ1n) is 5.82. The summed E-state index contributed by atoms with van der Waals surface area (Å²) in [6.45, 7) is 3.14.